The van der Waals surface area contributed by atoms with Crippen molar-refractivity contribution in [2.24, 2.45) is 5.92 Å². The van der Waals surface area contributed by atoms with E-state index in [1.54, 1.807) is 0 Å². The van der Waals surface area contributed by atoms with Gasteiger partial charge in [-0.05, 0) is 44.2 Å². The van der Waals surface area contributed by atoms with Gasteiger partial charge >= 0.3 is 0 Å². The standard InChI is InChI=1S/C17H26N2/c1-3-11-19-13-17(2,15-7-5-4-6-8-15)18-12-16(19)14-9-10-14/h4-8,14,16,18H,3,9-13H2,1-2H3. The van der Waals surface area contributed by atoms with Crippen LogP contribution in [0.3, 0.4) is 0 Å². The van der Waals surface area contributed by atoms with Gasteiger partial charge in [0.1, 0.15) is 0 Å². The summed E-state index contributed by atoms with van der Waals surface area (Å²) < 4.78 is 0. The van der Waals surface area contributed by atoms with Crippen molar-refractivity contribution >= 4 is 0 Å². The van der Waals surface area contributed by atoms with Gasteiger partial charge in [0.15, 0.2) is 0 Å². The number of benzene rings is 1. The highest BCUT2D eigenvalue weighted by Gasteiger charge is 2.42. The highest BCUT2D eigenvalue weighted by atomic mass is 15.3. The van der Waals surface area contributed by atoms with E-state index in [1.807, 2.05) is 0 Å². The van der Waals surface area contributed by atoms with Crippen molar-refractivity contribution in [2.45, 2.75) is 44.7 Å². The van der Waals surface area contributed by atoms with E-state index in [-0.39, 0.29) is 5.54 Å². The Morgan fingerprint density at radius 3 is 2.63 bits per heavy atom. The molecule has 104 valence electrons. The van der Waals surface area contributed by atoms with E-state index < -0.39 is 0 Å². The summed E-state index contributed by atoms with van der Waals surface area (Å²) in [6, 6.07) is 11.7. The molecule has 0 radical (unpaired) electrons. The molecule has 2 aliphatic rings. The molecule has 2 heteroatoms. The second-order valence-corrected chi connectivity index (χ2v) is 6.45. The maximum Gasteiger partial charge on any atom is 0.0535 e. The third kappa shape index (κ3) is 2.70. The summed E-state index contributed by atoms with van der Waals surface area (Å²) in [6.07, 6.45) is 4.14. The minimum absolute atomic E-state index is 0.113. The van der Waals surface area contributed by atoms with Crippen LogP contribution in [0.25, 0.3) is 0 Å². The second-order valence-electron chi connectivity index (χ2n) is 6.45. The first-order valence-electron chi connectivity index (χ1n) is 7.77. The molecule has 0 aromatic heterocycles. The number of hydrogen-bond acceptors (Lipinski definition) is 2. The molecular weight excluding hydrogens is 232 g/mol. The molecule has 1 aliphatic carbocycles. The number of rotatable bonds is 4. The van der Waals surface area contributed by atoms with Gasteiger partial charge in [-0.2, -0.15) is 0 Å². The Morgan fingerprint density at radius 2 is 2.00 bits per heavy atom. The Morgan fingerprint density at radius 1 is 1.26 bits per heavy atom. The third-order valence-corrected chi connectivity index (χ3v) is 4.78. The largest absolute Gasteiger partial charge is 0.305 e. The van der Waals surface area contributed by atoms with Crippen molar-refractivity contribution in [3.8, 4) is 0 Å². The fraction of sp³-hybridized carbons (Fsp3) is 0.647. The number of hydrogen-bond donors (Lipinski definition) is 1. The molecule has 2 unspecified atom stereocenters. The van der Waals surface area contributed by atoms with E-state index in [1.165, 1.54) is 31.4 Å². The SMILES string of the molecule is CCCN1CC(C)(c2ccccc2)NCC1C1CC1. The van der Waals surface area contributed by atoms with Crippen LogP contribution in [0.15, 0.2) is 30.3 Å². The molecule has 2 nitrogen and oxygen atoms in total. The summed E-state index contributed by atoms with van der Waals surface area (Å²) in [7, 11) is 0. The average Bonchev–Trinajstić information content (AvgIpc) is 3.25. The summed E-state index contributed by atoms with van der Waals surface area (Å²) in [5, 5.41) is 3.83. The monoisotopic (exact) mass is 258 g/mol. The molecular formula is C17H26N2. The highest BCUT2D eigenvalue weighted by molar-refractivity contribution is 5.25. The van der Waals surface area contributed by atoms with Crippen molar-refractivity contribution in [1.82, 2.24) is 10.2 Å². The van der Waals surface area contributed by atoms with E-state index in [0.29, 0.717) is 0 Å². The average molecular weight is 258 g/mol. The quantitative estimate of drug-likeness (QED) is 0.893. The fourth-order valence-corrected chi connectivity index (χ4v) is 3.52. The van der Waals surface area contributed by atoms with E-state index in [2.05, 4.69) is 54.4 Å². The highest BCUT2D eigenvalue weighted by Crippen LogP contribution is 2.38. The summed E-state index contributed by atoms with van der Waals surface area (Å²) in [5.74, 6) is 0.958. The maximum atomic E-state index is 3.83. The summed E-state index contributed by atoms with van der Waals surface area (Å²) in [6.45, 7) is 8.19. The summed E-state index contributed by atoms with van der Waals surface area (Å²) >= 11 is 0. The van der Waals surface area contributed by atoms with Crippen LogP contribution in [0.1, 0.15) is 38.7 Å². The lowest BCUT2D eigenvalue weighted by atomic mass is 9.87. The third-order valence-electron chi connectivity index (χ3n) is 4.78. The predicted molar refractivity (Wildman–Crippen MR) is 80.2 cm³/mol. The Hall–Kier alpha value is -0.860. The van der Waals surface area contributed by atoms with Crippen LogP contribution in [0.4, 0.5) is 0 Å². The summed E-state index contributed by atoms with van der Waals surface area (Å²) in [4.78, 5) is 2.74. The van der Waals surface area contributed by atoms with Crippen molar-refractivity contribution < 1.29 is 0 Å². The van der Waals surface area contributed by atoms with E-state index in [9.17, 15) is 0 Å². The van der Waals surface area contributed by atoms with Crippen molar-refractivity contribution in [1.29, 1.82) is 0 Å². The Balaban J connectivity index is 1.78. The van der Waals surface area contributed by atoms with Gasteiger partial charge in [0, 0.05) is 19.1 Å². The Bertz CT molecular complexity index is 413. The van der Waals surface area contributed by atoms with Crippen LogP contribution in [-0.2, 0) is 5.54 Å². The lowest BCUT2D eigenvalue weighted by Crippen LogP contribution is -2.61. The smallest absolute Gasteiger partial charge is 0.0535 e. The van der Waals surface area contributed by atoms with Crippen molar-refractivity contribution in [3.63, 3.8) is 0 Å². The van der Waals surface area contributed by atoms with Crippen LogP contribution in [0.2, 0.25) is 0 Å². The molecule has 0 amide bonds. The molecule has 1 heterocycles. The Kier molecular flexibility index (Phi) is 3.64. The molecule has 0 spiro atoms. The van der Waals surface area contributed by atoms with E-state index in [4.69, 9.17) is 0 Å². The predicted octanol–water partition coefficient (Wildman–Crippen LogP) is 3.00. The molecule has 19 heavy (non-hydrogen) atoms. The van der Waals surface area contributed by atoms with Gasteiger partial charge in [0.2, 0.25) is 0 Å². The fourth-order valence-electron chi connectivity index (χ4n) is 3.52. The van der Waals surface area contributed by atoms with Crippen molar-refractivity contribution in [3.05, 3.63) is 35.9 Å². The Labute approximate surface area is 117 Å². The van der Waals surface area contributed by atoms with Gasteiger partial charge in [-0.1, -0.05) is 37.3 Å². The maximum absolute atomic E-state index is 3.83. The molecule has 2 atom stereocenters. The van der Waals surface area contributed by atoms with Crippen LogP contribution in [0, 0.1) is 5.92 Å². The minimum Gasteiger partial charge on any atom is -0.305 e. The van der Waals surface area contributed by atoms with E-state index in [0.717, 1.165) is 25.0 Å². The van der Waals surface area contributed by atoms with Gasteiger partial charge < -0.3 is 5.32 Å². The summed E-state index contributed by atoms with van der Waals surface area (Å²) in [5.41, 5.74) is 1.53. The van der Waals surface area contributed by atoms with Gasteiger partial charge in [-0.3, -0.25) is 4.90 Å². The molecule has 1 aliphatic heterocycles. The van der Waals surface area contributed by atoms with E-state index >= 15 is 0 Å². The number of nitrogens with zero attached hydrogens (tertiary/aromatic N) is 1. The molecule has 0 bridgehead atoms. The number of nitrogens with one attached hydrogen (secondary N) is 1. The minimum atomic E-state index is 0.113. The molecule has 3 rings (SSSR count). The van der Waals surface area contributed by atoms with Gasteiger partial charge in [0.25, 0.3) is 0 Å². The zero-order valence-electron chi connectivity index (χ0n) is 12.2. The first-order chi connectivity index (χ1) is 9.23. The first-order valence-corrected chi connectivity index (χ1v) is 7.77. The van der Waals surface area contributed by atoms with Crippen LogP contribution >= 0.6 is 0 Å². The molecule has 1 aromatic carbocycles. The van der Waals surface area contributed by atoms with Crippen LogP contribution in [0.5, 0.6) is 0 Å². The second kappa shape index (κ2) is 5.26. The molecule has 1 saturated heterocycles. The normalized spacial score (nSPS) is 32.4. The molecule has 1 saturated carbocycles. The van der Waals surface area contributed by atoms with Crippen molar-refractivity contribution in [2.75, 3.05) is 19.6 Å². The molecule has 1 N–H and O–H groups in total. The van der Waals surface area contributed by atoms with Gasteiger partial charge in [0.05, 0.1) is 5.54 Å². The van der Waals surface area contributed by atoms with Crippen LogP contribution < -0.4 is 5.32 Å². The zero-order valence-corrected chi connectivity index (χ0v) is 12.2. The number of piperazine rings is 1. The van der Waals surface area contributed by atoms with Crippen LogP contribution in [-0.4, -0.2) is 30.6 Å². The van der Waals surface area contributed by atoms with Gasteiger partial charge in [-0.15, -0.1) is 0 Å². The molecule has 2 fully saturated rings. The lowest BCUT2D eigenvalue weighted by Gasteiger charge is -2.47. The topological polar surface area (TPSA) is 15.3 Å². The first kappa shape index (κ1) is 13.1. The van der Waals surface area contributed by atoms with Gasteiger partial charge in [-0.25, -0.2) is 0 Å². The lowest BCUT2D eigenvalue weighted by molar-refractivity contribution is 0.0738. The molecule has 1 aromatic rings. The zero-order chi connectivity index (χ0) is 13.3.